The summed E-state index contributed by atoms with van der Waals surface area (Å²) in [7, 11) is 0. The first kappa shape index (κ1) is 22.0. The van der Waals surface area contributed by atoms with Gasteiger partial charge in [0.15, 0.2) is 0 Å². The lowest BCUT2D eigenvalue weighted by atomic mass is 9.96. The van der Waals surface area contributed by atoms with Crippen molar-refractivity contribution < 1.29 is 14.3 Å². The smallest absolute Gasteiger partial charge is 0.256 e. The highest BCUT2D eigenvalue weighted by Crippen LogP contribution is 2.26. The van der Waals surface area contributed by atoms with Gasteiger partial charge >= 0.3 is 0 Å². The molecule has 152 valence electrons. The number of rotatable bonds is 11. The summed E-state index contributed by atoms with van der Waals surface area (Å²) >= 11 is 0. The van der Waals surface area contributed by atoms with Gasteiger partial charge in [0.05, 0.1) is 0 Å². The van der Waals surface area contributed by atoms with Crippen LogP contribution in [-0.2, 0) is 16.1 Å². The van der Waals surface area contributed by atoms with Gasteiger partial charge in [-0.25, -0.2) is 0 Å². The summed E-state index contributed by atoms with van der Waals surface area (Å²) in [6.07, 6.45) is 3.92. The number of anilines is 1. The van der Waals surface area contributed by atoms with Gasteiger partial charge in [0.1, 0.15) is 18.0 Å². The van der Waals surface area contributed by atoms with E-state index in [0.29, 0.717) is 13.2 Å². The van der Waals surface area contributed by atoms with Crippen LogP contribution in [0, 0.1) is 6.92 Å². The number of carbonyl (C=O) groups is 1. The molecule has 1 atom stereocenters. The Hall–Kier alpha value is -2.33. The average Bonchev–Trinajstić information content (AvgIpc) is 2.68. The van der Waals surface area contributed by atoms with E-state index in [-0.39, 0.29) is 5.91 Å². The Kier molecular flexibility index (Phi) is 8.52. The van der Waals surface area contributed by atoms with Crippen LogP contribution in [0.25, 0.3) is 0 Å². The summed E-state index contributed by atoms with van der Waals surface area (Å²) in [5, 5.41) is 3.02. The Labute approximate surface area is 169 Å². The second-order valence-electron chi connectivity index (χ2n) is 7.33. The molecule has 0 aliphatic rings. The van der Waals surface area contributed by atoms with E-state index < -0.39 is 5.60 Å². The highest BCUT2D eigenvalue weighted by Gasteiger charge is 2.33. The number of unbranched alkanes of at least 4 members (excludes halogenated alkanes) is 2. The first-order chi connectivity index (χ1) is 13.5. The van der Waals surface area contributed by atoms with E-state index in [1.54, 1.807) is 0 Å². The van der Waals surface area contributed by atoms with E-state index in [4.69, 9.17) is 9.47 Å². The molecule has 2 rings (SSSR count). The summed E-state index contributed by atoms with van der Waals surface area (Å²) in [5.74, 6) is 0.722. The number of nitrogens with one attached hydrogen (secondary N) is 1. The fraction of sp³-hybridized carbons (Fsp3) is 0.458. The molecule has 0 heterocycles. The summed E-state index contributed by atoms with van der Waals surface area (Å²) < 4.78 is 11.7. The number of amides is 1. The van der Waals surface area contributed by atoms with Crippen LogP contribution in [-0.4, -0.2) is 18.1 Å². The molecular formula is C24H33NO3. The molecule has 28 heavy (non-hydrogen) atoms. The quantitative estimate of drug-likeness (QED) is 0.492. The largest absolute Gasteiger partial charge is 0.489 e. The van der Waals surface area contributed by atoms with Crippen LogP contribution >= 0.6 is 0 Å². The lowest BCUT2D eigenvalue weighted by Gasteiger charge is -2.28. The maximum absolute atomic E-state index is 12.9. The molecule has 4 nitrogen and oxygen atoms in total. The lowest BCUT2D eigenvalue weighted by molar-refractivity contribution is -0.139. The fourth-order valence-electron chi connectivity index (χ4n) is 3.17. The van der Waals surface area contributed by atoms with Gasteiger partial charge < -0.3 is 14.8 Å². The molecule has 0 saturated heterocycles. The minimum Gasteiger partial charge on any atom is -0.489 e. The standard InChI is InChI=1S/C24H33NO3/c1-5-7-11-16-24(4,28-6-2)23(26)25-21-14-15-22(19(3)17-21)27-18-20-12-9-8-10-13-20/h8-10,12-15,17H,5-7,11,16,18H2,1-4H3,(H,25,26)/t24-/m0/s1. The molecule has 0 radical (unpaired) electrons. The van der Waals surface area contributed by atoms with Gasteiger partial charge in [-0.05, 0) is 56.5 Å². The monoisotopic (exact) mass is 383 g/mol. The van der Waals surface area contributed by atoms with E-state index in [1.807, 2.05) is 69.3 Å². The Morgan fingerprint density at radius 1 is 1.07 bits per heavy atom. The molecule has 0 aromatic heterocycles. The number of benzene rings is 2. The Morgan fingerprint density at radius 3 is 2.46 bits per heavy atom. The molecule has 0 saturated carbocycles. The normalized spacial score (nSPS) is 13.0. The number of carbonyl (C=O) groups excluding carboxylic acids is 1. The third kappa shape index (κ3) is 6.38. The molecule has 1 N–H and O–H groups in total. The van der Waals surface area contributed by atoms with Gasteiger partial charge in [0.2, 0.25) is 0 Å². The van der Waals surface area contributed by atoms with Crippen molar-refractivity contribution in [3.05, 3.63) is 59.7 Å². The Morgan fingerprint density at radius 2 is 1.82 bits per heavy atom. The molecule has 0 unspecified atom stereocenters. The fourth-order valence-corrected chi connectivity index (χ4v) is 3.17. The van der Waals surface area contributed by atoms with Gasteiger partial charge in [-0.1, -0.05) is 56.5 Å². The zero-order valence-electron chi connectivity index (χ0n) is 17.6. The highest BCUT2D eigenvalue weighted by molar-refractivity contribution is 5.97. The van der Waals surface area contributed by atoms with Crippen molar-refractivity contribution in [3.63, 3.8) is 0 Å². The molecule has 0 aliphatic heterocycles. The lowest BCUT2D eigenvalue weighted by Crippen LogP contribution is -2.42. The third-order valence-corrected chi connectivity index (χ3v) is 4.87. The molecule has 2 aromatic carbocycles. The van der Waals surface area contributed by atoms with Crippen molar-refractivity contribution in [3.8, 4) is 5.75 Å². The minimum absolute atomic E-state index is 0.0946. The molecule has 1 amide bonds. The van der Waals surface area contributed by atoms with Gasteiger partial charge in [-0.2, -0.15) is 0 Å². The predicted octanol–water partition coefficient (Wildman–Crippen LogP) is 5.89. The predicted molar refractivity (Wildman–Crippen MR) is 115 cm³/mol. The zero-order valence-corrected chi connectivity index (χ0v) is 17.6. The number of hydrogen-bond donors (Lipinski definition) is 1. The average molecular weight is 384 g/mol. The van der Waals surface area contributed by atoms with Crippen molar-refractivity contribution in [2.24, 2.45) is 0 Å². The second-order valence-corrected chi connectivity index (χ2v) is 7.33. The van der Waals surface area contributed by atoms with Crippen molar-refractivity contribution in [1.82, 2.24) is 0 Å². The molecule has 2 aromatic rings. The highest BCUT2D eigenvalue weighted by atomic mass is 16.5. The van der Waals surface area contributed by atoms with Gasteiger partial charge in [0, 0.05) is 12.3 Å². The third-order valence-electron chi connectivity index (χ3n) is 4.87. The topological polar surface area (TPSA) is 47.6 Å². The molecule has 0 fully saturated rings. The van der Waals surface area contributed by atoms with Crippen LogP contribution in [0.1, 0.15) is 57.6 Å². The van der Waals surface area contributed by atoms with E-state index in [0.717, 1.165) is 48.2 Å². The molecule has 0 spiro atoms. The first-order valence-corrected chi connectivity index (χ1v) is 10.2. The zero-order chi connectivity index (χ0) is 20.4. The van der Waals surface area contributed by atoms with Gasteiger partial charge in [-0.3, -0.25) is 4.79 Å². The SMILES string of the molecule is CCCCC[C@](C)(OCC)C(=O)Nc1ccc(OCc2ccccc2)c(C)c1. The van der Waals surface area contributed by atoms with Crippen molar-refractivity contribution >= 4 is 11.6 Å². The van der Waals surface area contributed by atoms with Gasteiger partial charge in [0.25, 0.3) is 5.91 Å². The first-order valence-electron chi connectivity index (χ1n) is 10.2. The Bertz CT molecular complexity index is 745. The van der Waals surface area contributed by atoms with Crippen molar-refractivity contribution in [1.29, 1.82) is 0 Å². The van der Waals surface area contributed by atoms with Crippen LogP contribution in [0.4, 0.5) is 5.69 Å². The van der Waals surface area contributed by atoms with Crippen LogP contribution in [0.2, 0.25) is 0 Å². The van der Waals surface area contributed by atoms with E-state index in [1.165, 1.54) is 0 Å². The number of ether oxygens (including phenoxy) is 2. The number of aryl methyl sites for hydroxylation is 1. The molecular weight excluding hydrogens is 350 g/mol. The summed E-state index contributed by atoms with van der Waals surface area (Å²) in [6, 6.07) is 15.8. The molecule has 0 bridgehead atoms. The molecule has 0 aliphatic carbocycles. The second kappa shape index (κ2) is 10.9. The summed E-state index contributed by atoms with van der Waals surface area (Å²) in [4.78, 5) is 12.9. The maximum atomic E-state index is 12.9. The minimum atomic E-state index is -0.805. The van der Waals surface area contributed by atoms with Crippen LogP contribution < -0.4 is 10.1 Å². The summed E-state index contributed by atoms with van der Waals surface area (Å²) in [5.41, 5.74) is 2.06. The summed E-state index contributed by atoms with van der Waals surface area (Å²) in [6.45, 7) is 8.98. The van der Waals surface area contributed by atoms with Gasteiger partial charge in [-0.15, -0.1) is 0 Å². The van der Waals surface area contributed by atoms with E-state index in [2.05, 4.69) is 12.2 Å². The number of hydrogen-bond acceptors (Lipinski definition) is 3. The van der Waals surface area contributed by atoms with Crippen LogP contribution in [0.15, 0.2) is 48.5 Å². The van der Waals surface area contributed by atoms with Crippen molar-refractivity contribution in [2.75, 3.05) is 11.9 Å². The maximum Gasteiger partial charge on any atom is 0.256 e. The van der Waals surface area contributed by atoms with Crippen LogP contribution in [0.5, 0.6) is 5.75 Å². The van der Waals surface area contributed by atoms with Crippen molar-refractivity contribution in [2.45, 2.75) is 65.6 Å². The van der Waals surface area contributed by atoms with E-state index in [9.17, 15) is 4.79 Å². The molecule has 4 heteroatoms. The Balaban J connectivity index is 2.00. The van der Waals surface area contributed by atoms with Crippen LogP contribution in [0.3, 0.4) is 0 Å². The van der Waals surface area contributed by atoms with E-state index >= 15 is 0 Å².